The van der Waals surface area contributed by atoms with Gasteiger partial charge in [-0.1, -0.05) is 23.8 Å². The minimum Gasteiger partial charge on any atom is -0.378 e. The number of benzene rings is 2. The van der Waals surface area contributed by atoms with E-state index in [4.69, 9.17) is 9.92 Å². The third-order valence-electron chi connectivity index (χ3n) is 3.40. The van der Waals surface area contributed by atoms with Gasteiger partial charge in [0.05, 0.1) is 9.38 Å². The Morgan fingerprint density at radius 2 is 1.88 bits per heavy atom. The maximum absolute atomic E-state index is 12.4. The number of aliphatic imine (C=N–C) groups is 1. The normalized spacial score (nSPS) is 16.0. The highest BCUT2D eigenvalue weighted by Gasteiger charge is 2.20. The Balaban J connectivity index is 1.83. The highest BCUT2D eigenvalue weighted by atomic mass is 79.9. The third-order valence-corrected chi connectivity index (χ3v) is 6.08. The van der Waals surface area contributed by atoms with Crippen LogP contribution in [0.2, 0.25) is 0 Å². The number of carbonyl (C=O) groups is 1. The Morgan fingerprint density at radius 1 is 1.19 bits per heavy atom. The van der Waals surface area contributed by atoms with E-state index in [9.17, 15) is 13.2 Å². The number of amides is 1. The Morgan fingerprint density at radius 3 is 2.46 bits per heavy atom. The smallest absolute Gasteiger partial charge is 0.339 e. The molecule has 1 aliphatic rings. The summed E-state index contributed by atoms with van der Waals surface area (Å²) in [6.45, 7) is 1.87. The van der Waals surface area contributed by atoms with Crippen LogP contribution in [0.1, 0.15) is 11.1 Å². The fourth-order valence-corrected chi connectivity index (χ4v) is 4.34. The van der Waals surface area contributed by atoms with Gasteiger partial charge in [-0.2, -0.15) is 13.4 Å². The molecule has 0 saturated carbocycles. The highest BCUT2D eigenvalue weighted by molar-refractivity contribution is 9.10. The molecule has 2 aromatic rings. The molecule has 0 aliphatic carbocycles. The predicted molar refractivity (Wildman–Crippen MR) is 105 cm³/mol. The van der Waals surface area contributed by atoms with E-state index in [1.807, 2.05) is 6.92 Å². The molecule has 2 aromatic carbocycles. The molecular weight excluding hydrogens is 440 g/mol. The standard InChI is InChI=1S/C17H13BrN2O4S2/c1-10-2-5-12(6-3-10)26(22,23)24-14-7-4-11(8-13(14)18)9-15-16(21)20-17(19)25-15/h2-9H,1H3,(H2,19,20,21). The van der Waals surface area contributed by atoms with Gasteiger partial charge in [0.15, 0.2) is 10.9 Å². The van der Waals surface area contributed by atoms with Crippen LogP contribution in [0.25, 0.3) is 6.08 Å². The van der Waals surface area contributed by atoms with Crippen LogP contribution in [0.3, 0.4) is 0 Å². The van der Waals surface area contributed by atoms with Gasteiger partial charge in [-0.25, -0.2) is 0 Å². The van der Waals surface area contributed by atoms with Crippen LogP contribution in [-0.4, -0.2) is 19.5 Å². The van der Waals surface area contributed by atoms with E-state index < -0.39 is 16.0 Å². The number of hydrogen-bond donors (Lipinski definition) is 1. The first-order chi connectivity index (χ1) is 12.2. The monoisotopic (exact) mass is 452 g/mol. The Labute approximate surface area is 163 Å². The van der Waals surface area contributed by atoms with Gasteiger partial charge < -0.3 is 9.92 Å². The molecule has 1 heterocycles. The van der Waals surface area contributed by atoms with Crippen LogP contribution < -0.4 is 9.92 Å². The zero-order valence-corrected chi connectivity index (χ0v) is 16.7. The minimum atomic E-state index is -3.94. The fourth-order valence-electron chi connectivity index (χ4n) is 2.12. The van der Waals surface area contributed by atoms with Gasteiger partial charge >= 0.3 is 10.1 Å². The number of hydrogen-bond acceptors (Lipinski definition) is 6. The number of aryl methyl sites for hydroxylation is 1. The van der Waals surface area contributed by atoms with Gasteiger partial charge in [-0.3, -0.25) is 4.79 Å². The SMILES string of the molecule is Cc1ccc(S(=O)(=O)Oc2ccc(C=C3SC(N)=NC3=O)cc2Br)cc1. The van der Waals surface area contributed by atoms with Crippen LogP contribution in [0.15, 0.2) is 61.7 Å². The topological polar surface area (TPSA) is 98.8 Å². The summed E-state index contributed by atoms with van der Waals surface area (Å²) in [4.78, 5) is 15.7. The second-order valence-corrected chi connectivity index (χ2v) is 8.87. The quantitative estimate of drug-likeness (QED) is 0.563. The predicted octanol–water partition coefficient (Wildman–Crippen LogP) is 3.45. The maximum Gasteiger partial charge on any atom is 0.339 e. The van der Waals surface area contributed by atoms with E-state index in [1.165, 1.54) is 18.2 Å². The molecule has 0 bridgehead atoms. The van der Waals surface area contributed by atoms with Gasteiger partial charge in [0.25, 0.3) is 5.91 Å². The fraction of sp³-hybridized carbons (Fsp3) is 0.0588. The Kier molecular flexibility index (Phi) is 5.22. The molecule has 2 N–H and O–H groups in total. The molecule has 9 heteroatoms. The zero-order valence-electron chi connectivity index (χ0n) is 13.5. The van der Waals surface area contributed by atoms with Crippen LogP contribution >= 0.6 is 27.7 Å². The van der Waals surface area contributed by atoms with Crippen molar-refractivity contribution in [2.45, 2.75) is 11.8 Å². The number of amidine groups is 1. The summed E-state index contributed by atoms with van der Waals surface area (Å²) in [6.07, 6.45) is 1.62. The number of nitrogens with two attached hydrogens (primary N) is 1. The van der Waals surface area contributed by atoms with Crippen LogP contribution in [0.4, 0.5) is 0 Å². The summed E-state index contributed by atoms with van der Waals surface area (Å²) in [5.41, 5.74) is 7.14. The van der Waals surface area contributed by atoms with Crippen molar-refractivity contribution in [3.8, 4) is 5.75 Å². The Bertz CT molecular complexity index is 1040. The lowest BCUT2D eigenvalue weighted by Gasteiger charge is -2.09. The zero-order chi connectivity index (χ0) is 18.9. The molecule has 6 nitrogen and oxygen atoms in total. The lowest BCUT2D eigenvalue weighted by molar-refractivity contribution is -0.113. The molecule has 26 heavy (non-hydrogen) atoms. The van der Waals surface area contributed by atoms with Crippen molar-refractivity contribution in [3.63, 3.8) is 0 Å². The maximum atomic E-state index is 12.4. The second-order valence-electron chi connectivity index (χ2n) is 5.41. The van der Waals surface area contributed by atoms with Gasteiger partial charge in [0.1, 0.15) is 4.90 Å². The summed E-state index contributed by atoms with van der Waals surface area (Å²) >= 11 is 4.38. The van der Waals surface area contributed by atoms with E-state index in [2.05, 4.69) is 20.9 Å². The largest absolute Gasteiger partial charge is 0.378 e. The first kappa shape index (κ1) is 18.7. The van der Waals surface area contributed by atoms with Gasteiger partial charge in [-0.15, -0.1) is 0 Å². The molecule has 0 unspecified atom stereocenters. The number of thioether (sulfide) groups is 1. The van der Waals surface area contributed by atoms with Gasteiger partial charge in [0.2, 0.25) is 0 Å². The Hall–Kier alpha value is -2.10. The first-order valence-corrected chi connectivity index (χ1v) is 10.3. The van der Waals surface area contributed by atoms with Crippen LogP contribution in [-0.2, 0) is 14.9 Å². The second kappa shape index (κ2) is 7.26. The summed E-state index contributed by atoms with van der Waals surface area (Å²) < 4.78 is 30.4. The summed E-state index contributed by atoms with van der Waals surface area (Å²) in [5.74, 6) is -0.250. The molecule has 1 amide bonds. The number of halogens is 1. The molecule has 0 aromatic heterocycles. The van der Waals surface area contributed by atoms with E-state index in [0.717, 1.165) is 17.3 Å². The van der Waals surface area contributed by atoms with E-state index in [1.54, 1.807) is 30.3 Å². The molecule has 3 rings (SSSR count). The van der Waals surface area contributed by atoms with E-state index in [-0.39, 0.29) is 15.8 Å². The third kappa shape index (κ3) is 4.17. The summed E-state index contributed by atoms with van der Waals surface area (Å²) in [7, 11) is -3.94. The lowest BCUT2D eigenvalue weighted by Crippen LogP contribution is -2.10. The molecule has 134 valence electrons. The van der Waals surface area contributed by atoms with Crippen molar-refractivity contribution < 1.29 is 17.4 Å². The average molecular weight is 453 g/mol. The number of carbonyl (C=O) groups excluding carboxylic acids is 1. The number of nitrogens with zero attached hydrogens (tertiary/aromatic N) is 1. The molecule has 0 fully saturated rings. The molecule has 0 saturated heterocycles. The average Bonchev–Trinajstić information content (AvgIpc) is 2.88. The van der Waals surface area contributed by atoms with Gasteiger partial charge in [-0.05, 0) is 70.5 Å². The van der Waals surface area contributed by atoms with Crippen molar-refractivity contribution in [3.05, 3.63) is 63.0 Å². The van der Waals surface area contributed by atoms with Crippen molar-refractivity contribution in [2.24, 2.45) is 10.7 Å². The van der Waals surface area contributed by atoms with Crippen LogP contribution in [0, 0.1) is 6.92 Å². The first-order valence-electron chi connectivity index (χ1n) is 7.33. The lowest BCUT2D eigenvalue weighted by atomic mass is 10.2. The molecular formula is C17H13BrN2O4S2. The summed E-state index contributed by atoms with van der Waals surface area (Å²) in [5, 5.41) is 0.199. The molecule has 0 atom stereocenters. The van der Waals surface area contributed by atoms with E-state index >= 15 is 0 Å². The van der Waals surface area contributed by atoms with Crippen molar-refractivity contribution in [1.29, 1.82) is 0 Å². The van der Waals surface area contributed by atoms with Crippen LogP contribution in [0.5, 0.6) is 5.75 Å². The van der Waals surface area contributed by atoms with Gasteiger partial charge in [0, 0.05) is 0 Å². The summed E-state index contributed by atoms with van der Waals surface area (Å²) in [6, 6.07) is 11.2. The van der Waals surface area contributed by atoms with Crippen molar-refractivity contribution in [1.82, 2.24) is 0 Å². The highest BCUT2D eigenvalue weighted by Crippen LogP contribution is 2.32. The molecule has 0 spiro atoms. The minimum absolute atomic E-state index is 0.0711. The molecule has 0 radical (unpaired) electrons. The number of rotatable bonds is 4. The van der Waals surface area contributed by atoms with Crippen molar-refractivity contribution >= 4 is 55.0 Å². The van der Waals surface area contributed by atoms with E-state index in [0.29, 0.717) is 14.9 Å². The molecule has 1 aliphatic heterocycles. The van der Waals surface area contributed by atoms with Crippen molar-refractivity contribution in [2.75, 3.05) is 0 Å².